The van der Waals surface area contributed by atoms with Crippen LogP contribution in [0.25, 0.3) is 0 Å². The molecule has 0 radical (unpaired) electrons. The zero-order valence-corrected chi connectivity index (χ0v) is 15.1. The maximum Gasteiger partial charge on any atom is 0.0545 e. The summed E-state index contributed by atoms with van der Waals surface area (Å²) in [6.45, 7) is 1.97. The fraction of sp³-hybridized carbons (Fsp3) is 0.294. The summed E-state index contributed by atoms with van der Waals surface area (Å²) in [6.07, 6.45) is 1.08. The van der Waals surface area contributed by atoms with E-state index < -0.39 is 0 Å². The summed E-state index contributed by atoms with van der Waals surface area (Å²) in [4.78, 5) is 4.35. The number of rotatable bonds is 7. The van der Waals surface area contributed by atoms with Crippen LogP contribution in [0.2, 0.25) is 10.0 Å². The molecule has 2 nitrogen and oxygen atoms in total. The molecule has 22 heavy (non-hydrogen) atoms. The molecule has 0 heterocycles. The molecule has 0 aliphatic carbocycles. The Kier molecular flexibility index (Phi) is 6.90. The van der Waals surface area contributed by atoms with Crippen LogP contribution < -0.4 is 5.32 Å². The first-order valence-corrected chi connectivity index (χ1v) is 8.74. The zero-order valence-electron chi connectivity index (χ0n) is 12.8. The van der Waals surface area contributed by atoms with Gasteiger partial charge < -0.3 is 10.2 Å². The van der Waals surface area contributed by atoms with Gasteiger partial charge in [-0.15, -0.1) is 0 Å². The number of nitrogens with one attached hydrogen (secondary N) is 1. The Morgan fingerprint density at radius 1 is 1.05 bits per heavy atom. The Morgan fingerprint density at radius 2 is 1.82 bits per heavy atom. The third-order valence-electron chi connectivity index (χ3n) is 3.10. The maximum atomic E-state index is 6.25. The number of anilines is 1. The predicted molar refractivity (Wildman–Crippen MR) is 98.7 cm³/mol. The van der Waals surface area contributed by atoms with E-state index in [1.165, 1.54) is 0 Å². The largest absolute Gasteiger partial charge is 0.384 e. The molecule has 118 valence electrons. The van der Waals surface area contributed by atoms with Crippen LogP contribution in [0.3, 0.4) is 0 Å². The molecule has 2 rings (SSSR count). The minimum Gasteiger partial charge on any atom is -0.384 e. The van der Waals surface area contributed by atoms with Gasteiger partial charge >= 0.3 is 0 Å². The molecule has 1 N–H and O–H groups in total. The molecule has 0 fully saturated rings. The first-order chi connectivity index (χ1) is 10.6. The molecule has 0 saturated heterocycles. The highest BCUT2D eigenvalue weighted by atomic mass is 35.5. The molecular weight excluding hydrogens is 335 g/mol. The zero-order chi connectivity index (χ0) is 15.9. The highest BCUT2D eigenvalue weighted by Gasteiger charge is 2.08. The smallest absolute Gasteiger partial charge is 0.0545 e. The third-order valence-corrected chi connectivity index (χ3v) is 4.92. The van der Waals surface area contributed by atoms with Crippen molar-refractivity contribution in [3.63, 3.8) is 0 Å². The van der Waals surface area contributed by atoms with Crippen LogP contribution in [-0.2, 0) is 0 Å². The van der Waals surface area contributed by atoms with Crippen molar-refractivity contribution in [2.24, 2.45) is 0 Å². The Bertz CT molecular complexity index is 617. The average molecular weight is 355 g/mol. The van der Waals surface area contributed by atoms with E-state index in [4.69, 9.17) is 23.2 Å². The van der Waals surface area contributed by atoms with Crippen LogP contribution in [0, 0.1) is 0 Å². The summed E-state index contributed by atoms with van der Waals surface area (Å²) in [5, 5.41) is 4.97. The molecular formula is C17H20Cl2N2S. The van der Waals surface area contributed by atoms with E-state index in [0.717, 1.165) is 45.0 Å². The van der Waals surface area contributed by atoms with Crippen LogP contribution in [0.15, 0.2) is 52.3 Å². The van der Waals surface area contributed by atoms with Gasteiger partial charge in [0.2, 0.25) is 0 Å². The van der Waals surface area contributed by atoms with Gasteiger partial charge in [-0.3, -0.25) is 0 Å². The summed E-state index contributed by atoms with van der Waals surface area (Å²) < 4.78 is 0. The first kappa shape index (κ1) is 17.5. The van der Waals surface area contributed by atoms with Gasteiger partial charge in [-0.05, 0) is 57.4 Å². The van der Waals surface area contributed by atoms with Gasteiger partial charge in [-0.25, -0.2) is 0 Å². The summed E-state index contributed by atoms with van der Waals surface area (Å²) in [5.41, 5.74) is 1.05. The lowest BCUT2D eigenvalue weighted by Crippen LogP contribution is -2.16. The molecule has 2 aromatic rings. The van der Waals surface area contributed by atoms with Gasteiger partial charge in [0, 0.05) is 27.0 Å². The van der Waals surface area contributed by atoms with Gasteiger partial charge in [0.15, 0.2) is 0 Å². The van der Waals surface area contributed by atoms with Crippen molar-refractivity contribution in [3.8, 4) is 0 Å². The summed E-state index contributed by atoms with van der Waals surface area (Å²) in [7, 11) is 4.16. The van der Waals surface area contributed by atoms with Crippen molar-refractivity contribution in [2.45, 2.75) is 16.2 Å². The van der Waals surface area contributed by atoms with Crippen molar-refractivity contribution in [1.82, 2.24) is 4.90 Å². The average Bonchev–Trinajstić information content (AvgIpc) is 2.48. The van der Waals surface area contributed by atoms with Crippen molar-refractivity contribution in [1.29, 1.82) is 0 Å². The van der Waals surface area contributed by atoms with E-state index in [9.17, 15) is 0 Å². The van der Waals surface area contributed by atoms with Gasteiger partial charge in [0.05, 0.1) is 5.02 Å². The van der Waals surface area contributed by atoms with Crippen LogP contribution in [0.4, 0.5) is 5.69 Å². The molecule has 0 saturated carbocycles. The second-order valence-corrected chi connectivity index (χ2v) is 7.18. The SMILES string of the molecule is CN(C)CCCNc1cc(Cl)ccc1Sc1ccccc1Cl. The molecule has 0 unspecified atom stereocenters. The lowest BCUT2D eigenvalue weighted by molar-refractivity contribution is 0.405. The second kappa shape index (κ2) is 8.68. The molecule has 2 aromatic carbocycles. The fourth-order valence-corrected chi connectivity index (χ4v) is 3.34. The van der Waals surface area contributed by atoms with Crippen LogP contribution in [0.5, 0.6) is 0 Å². The van der Waals surface area contributed by atoms with Gasteiger partial charge in [-0.1, -0.05) is 47.1 Å². The number of halogens is 2. The second-order valence-electron chi connectivity index (χ2n) is 5.26. The summed E-state index contributed by atoms with van der Waals surface area (Å²) in [5.74, 6) is 0. The number of hydrogen-bond donors (Lipinski definition) is 1. The van der Waals surface area contributed by atoms with Crippen molar-refractivity contribution in [3.05, 3.63) is 52.5 Å². The molecule has 0 aromatic heterocycles. The molecule has 0 aliphatic heterocycles. The number of hydrogen-bond acceptors (Lipinski definition) is 3. The van der Waals surface area contributed by atoms with Gasteiger partial charge in [0.25, 0.3) is 0 Å². The van der Waals surface area contributed by atoms with E-state index in [1.54, 1.807) is 11.8 Å². The highest BCUT2D eigenvalue weighted by Crippen LogP contribution is 2.38. The van der Waals surface area contributed by atoms with E-state index in [1.807, 2.05) is 42.5 Å². The van der Waals surface area contributed by atoms with E-state index in [2.05, 4.69) is 24.3 Å². The molecule has 0 spiro atoms. The summed E-state index contributed by atoms with van der Waals surface area (Å²) in [6, 6.07) is 13.8. The highest BCUT2D eigenvalue weighted by molar-refractivity contribution is 7.99. The first-order valence-electron chi connectivity index (χ1n) is 7.17. The van der Waals surface area contributed by atoms with Crippen molar-refractivity contribution >= 4 is 40.7 Å². The quantitative estimate of drug-likeness (QED) is 0.660. The Hall–Kier alpha value is -0.870. The lowest BCUT2D eigenvalue weighted by atomic mass is 10.3. The van der Waals surface area contributed by atoms with Gasteiger partial charge in [0.1, 0.15) is 0 Å². The minimum absolute atomic E-state index is 0.735. The molecule has 0 bridgehead atoms. The Morgan fingerprint density at radius 3 is 2.55 bits per heavy atom. The summed E-state index contributed by atoms with van der Waals surface area (Å²) >= 11 is 14.0. The normalized spacial score (nSPS) is 11.0. The van der Waals surface area contributed by atoms with Crippen LogP contribution >= 0.6 is 35.0 Å². The maximum absolute atomic E-state index is 6.25. The van der Waals surface area contributed by atoms with Crippen LogP contribution in [-0.4, -0.2) is 32.1 Å². The monoisotopic (exact) mass is 354 g/mol. The topological polar surface area (TPSA) is 15.3 Å². The van der Waals surface area contributed by atoms with Crippen molar-refractivity contribution in [2.75, 3.05) is 32.5 Å². The van der Waals surface area contributed by atoms with Gasteiger partial charge in [-0.2, -0.15) is 0 Å². The number of nitrogens with zero attached hydrogens (tertiary/aromatic N) is 1. The van der Waals surface area contributed by atoms with E-state index in [-0.39, 0.29) is 0 Å². The Labute approximate surface area is 146 Å². The standard InChI is InChI=1S/C17H20Cl2N2S/c1-21(2)11-5-10-20-15-12-13(18)8-9-17(15)22-16-7-4-3-6-14(16)19/h3-4,6-9,12,20H,5,10-11H2,1-2H3. The Balaban J connectivity index is 2.09. The van der Waals surface area contributed by atoms with E-state index in [0.29, 0.717) is 0 Å². The minimum atomic E-state index is 0.735. The molecule has 0 atom stereocenters. The molecule has 5 heteroatoms. The number of benzene rings is 2. The fourth-order valence-electron chi connectivity index (χ4n) is 1.99. The predicted octanol–water partition coefficient (Wildman–Crippen LogP) is 5.51. The van der Waals surface area contributed by atoms with Crippen LogP contribution in [0.1, 0.15) is 6.42 Å². The molecule has 0 aliphatic rings. The van der Waals surface area contributed by atoms with E-state index >= 15 is 0 Å². The lowest BCUT2D eigenvalue weighted by Gasteiger charge is -2.14. The van der Waals surface area contributed by atoms with Crippen molar-refractivity contribution < 1.29 is 0 Å². The molecule has 0 amide bonds. The third kappa shape index (κ3) is 5.40.